The highest BCUT2D eigenvalue weighted by Gasteiger charge is 2.42. The topological polar surface area (TPSA) is 65.9 Å². The first-order chi connectivity index (χ1) is 17.3. The van der Waals surface area contributed by atoms with Crippen LogP contribution in [-0.2, 0) is 6.61 Å². The normalized spacial score (nSPS) is 21.0. The second-order valence-corrected chi connectivity index (χ2v) is 11.3. The Hall–Kier alpha value is -2.90. The van der Waals surface area contributed by atoms with E-state index >= 15 is 0 Å². The Bertz CT molecular complexity index is 1240. The fraction of sp³-hybridized carbons (Fsp3) is 0.448. The molecule has 7 heteroatoms. The zero-order chi connectivity index (χ0) is 25.4. The molecule has 1 amide bonds. The van der Waals surface area contributed by atoms with Crippen LogP contribution in [0.5, 0.6) is 5.75 Å². The molecule has 1 N–H and O–H groups in total. The van der Waals surface area contributed by atoms with Crippen molar-refractivity contribution in [1.29, 1.82) is 0 Å². The minimum atomic E-state index is -0.000631. The summed E-state index contributed by atoms with van der Waals surface area (Å²) in [5.74, 6) is 2.41. The molecule has 2 aliphatic rings. The Morgan fingerprint density at radius 1 is 1.14 bits per heavy atom. The number of anilines is 1. The maximum Gasteiger partial charge on any atom is 0.253 e. The fourth-order valence-electron chi connectivity index (χ4n) is 5.70. The molecule has 1 aromatic heterocycles. The molecule has 6 nitrogen and oxygen atoms in total. The van der Waals surface area contributed by atoms with Gasteiger partial charge in [-0.15, -0.1) is 11.3 Å². The number of rotatable bonds is 7. The maximum atomic E-state index is 12.3. The second kappa shape index (κ2) is 10.2. The third-order valence-electron chi connectivity index (χ3n) is 7.79. The highest BCUT2D eigenvalue weighted by molar-refractivity contribution is 7.14. The quantitative estimate of drug-likeness (QED) is 0.480. The first kappa shape index (κ1) is 24.8. The van der Waals surface area contributed by atoms with E-state index in [2.05, 4.69) is 29.3 Å². The van der Waals surface area contributed by atoms with Crippen LogP contribution in [-0.4, -0.2) is 54.7 Å². The zero-order valence-electron chi connectivity index (χ0n) is 21.5. The van der Waals surface area contributed by atoms with Crippen molar-refractivity contribution in [3.63, 3.8) is 0 Å². The van der Waals surface area contributed by atoms with Crippen molar-refractivity contribution in [2.45, 2.75) is 33.3 Å². The smallest absolute Gasteiger partial charge is 0.253 e. The summed E-state index contributed by atoms with van der Waals surface area (Å²) in [5.41, 5.74) is 5.88. The summed E-state index contributed by atoms with van der Waals surface area (Å²) in [7, 11) is 3.53. The van der Waals surface area contributed by atoms with E-state index in [-0.39, 0.29) is 5.91 Å². The molecule has 2 aromatic carbocycles. The van der Waals surface area contributed by atoms with Gasteiger partial charge in [-0.05, 0) is 79.8 Å². The minimum absolute atomic E-state index is 0.000631. The first-order valence-electron chi connectivity index (χ1n) is 12.7. The molecule has 3 aromatic rings. The molecule has 190 valence electrons. The van der Waals surface area contributed by atoms with Gasteiger partial charge in [0, 0.05) is 50.3 Å². The Morgan fingerprint density at radius 2 is 1.89 bits per heavy atom. The number of hydrogen-bond acceptors (Lipinski definition) is 6. The predicted octanol–water partition coefficient (Wildman–Crippen LogP) is 5.16. The molecule has 0 spiro atoms. The van der Waals surface area contributed by atoms with Crippen molar-refractivity contribution in [2.75, 3.05) is 38.7 Å². The lowest BCUT2D eigenvalue weighted by atomic mass is 9.86. The van der Waals surface area contributed by atoms with Crippen LogP contribution in [0.3, 0.4) is 0 Å². The minimum Gasteiger partial charge on any atom is -0.488 e. The molecule has 2 bridgehead atoms. The Kier molecular flexibility index (Phi) is 7.04. The van der Waals surface area contributed by atoms with Gasteiger partial charge in [-0.25, -0.2) is 4.98 Å². The van der Waals surface area contributed by atoms with Crippen molar-refractivity contribution >= 4 is 22.4 Å². The van der Waals surface area contributed by atoms with E-state index in [0.717, 1.165) is 51.9 Å². The van der Waals surface area contributed by atoms with Crippen LogP contribution in [0.25, 0.3) is 11.3 Å². The molecular weight excluding hydrogens is 470 g/mol. The molecule has 1 saturated heterocycles. The van der Waals surface area contributed by atoms with Gasteiger partial charge < -0.3 is 19.6 Å². The van der Waals surface area contributed by atoms with E-state index in [1.165, 1.54) is 12.8 Å². The summed E-state index contributed by atoms with van der Waals surface area (Å²) in [6, 6.07) is 12.0. The van der Waals surface area contributed by atoms with Gasteiger partial charge >= 0.3 is 0 Å². The van der Waals surface area contributed by atoms with E-state index < -0.39 is 0 Å². The number of carbonyl (C=O) groups excluding carboxylic acids is 1. The number of fused-ring (bicyclic) bond motifs is 2. The number of aryl methyl sites for hydroxylation is 2. The third-order valence-corrected chi connectivity index (χ3v) is 8.69. The second-order valence-electron chi connectivity index (χ2n) is 10.5. The molecule has 2 fully saturated rings. The Balaban J connectivity index is 1.33. The van der Waals surface area contributed by atoms with Crippen molar-refractivity contribution in [3.8, 4) is 17.0 Å². The number of amides is 1. The van der Waals surface area contributed by atoms with Crippen LogP contribution < -0.4 is 9.64 Å². The van der Waals surface area contributed by atoms with Gasteiger partial charge in [0.2, 0.25) is 0 Å². The van der Waals surface area contributed by atoms with Crippen LogP contribution in [0.1, 0.15) is 39.9 Å². The summed E-state index contributed by atoms with van der Waals surface area (Å²) in [6.45, 7) is 6.80. The Labute approximate surface area is 217 Å². The van der Waals surface area contributed by atoms with Gasteiger partial charge in [0.1, 0.15) is 12.4 Å². The monoisotopic (exact) mass is 505 g/mol. The van der Waals surface area contributed by atoms with E-state index in [4.69, 9.17) is 9.72 Å². The summed E-state index contributed by atoms with van der Waals surface area (Å²) < 4.78 is 6.32. The molecule has 1 saturated carbocycles. The maximum absolute atomic E-state index is 12.3. The van der Waals surface area contributed by atoms with E-state index in [9.17, 15) is 9.90 Å². The standard InChI is InChI=1S/C29H35N3O3S/c1-18-5-10-27(35-16-23-9-6-20(12-19(23)2)28(34)31(3)4)24(11-18)26-17-36-29(30-26)32-13-21-7-8-22(14-32)25(21)15-33/h5-6,9-12,17,21-22,25,33H,7-8,13-16H2,1-4H3. The van der Waals surface area contributed by atoms with Crippen LogP contribution >= 0.6 is 11.3 Å². The fourth-order valence-corrected chi connectivity index (χ4v) is 6.54. The zero-order valence-corrected chi connectivity index (χ0v) is 22.3. The largest absolute Gasteiger partial charge is 0.488 e. The van der Waals surface area contributed by atoms with E-state index in [0.29, 0.717) is 36.5 Å². The van der Waals surface area contributed by atoms with E-state index in [1.807, 2.05) is 31.2 Å². The van der Waals surface area contributed by atoms with Gasteiger partial charge in [0.05, 0.1) is 5.69 Å². The van der Waals surface area contributed by atoms with Crippen molar-refractivity contribution in [3.05, 3.63) is 64.0 Å². The highest BCUT2D eigenvalue weighted by Crippen LogP contribution is 2.44. The summed E-state index contributed by atoms with van der Waals surface area (Å²) in [4.78, 5) is 21.3. The van der Waals surface area contributed by atoms with Gasteiger partial charge in [0.25, 0.3) is 5.91 Å². The number of aliphatic hydroxyl groups is 1. The summed E-state index contributed by atoms with van der Waals surface area (Å²) >= 11 is 1.69. The van der Waals surface area contributed by atoms with Crippen LogP contribution in [0, 0.1) is 31.6 Å². The van der Waals surface area contributed by atoms with Gasteiger partial charge in [-0.3, -0.25) is 4.79 Å². The number of piperidine rings is 1. The number of ether oxygens (including phenoxy) is 1. The molecule has 1 aliphatic heterocycles. The average molecular weight is 506 g/mol. The van der Waals surface area contributed by atoms with Gasteiger partial charge in [-0.1, -0.05) is 17.7 Å². The average Bonchev–Trinajstić information content (AvgIpc) is 3.45. The van der Waals surface area contributed by atoms with Gasteiger partial charge in [0.15, 0.2) is 5.13 Å². The number of benzene rings is 2. The highest BCUT2D eigenvalue weighted by atomic mass is 32.1. The molecular formula is C29H35N3O3S. The molecule has 1 aliphatic carbocycles. The number of thiazole rings is 1. The van der Waals surface area contributed by atoms with E-state index in [1.54, 1.807) is 30.3 Å². The number of carbonyl (C=O) groups is 1. The summed E-state index contributed by atoms with van der Waals surface area (Å²) in [6.07, 6.45) is 2.42. The lowest BCUT2D eigenvalue weighted by Crippen LogP contribution is -2.43. The van der Waals surface area contributed by atoms with Crippen LogP contribution in [0.15, 0.2) is 41.8 Å². The number of hydrogen-bond donors (Lipinski definition) is 1. The first-order valence-corrected chi connectivity index (χ1v) is 13.6. The number of nitrogens with zero attached hydrogens (tertiary/aromatic N) is 3. The van der Waals surface area contributed by atoms with Crippen molar-refractivity contribution < 1.29 is 14.6 Å². The van der Waals surface area contributed by atoms with Gasteiger partial charge in [-0.2, -0.15) is 0 Å². The lowest BCUT2D eigenvalue weighted by Gasteiger charge is -2.37. The molecule has 2 heterocycles. The molecule has 5 rings (SSSR count). The van der Waals surface area contributed by atoms with Crippen molar-refractivity contribution in [2.24, 2.45) is 17.8 Å². The Morgan fingerprint density at radius 3 is 2.56 bits per heavy atom. The predicted molar refractivity (Wildman–Crippen MR) is 145 cm³/mol. The van der Waals surface area contributed by atoms with Crippen LogP contribution in [0.2, 0.25) is 0 Å². The SMILES string of the molecule is Cc1ccc(OCc2ccc(C(=O)N(C)C)cc2C)c(-c2csc(N3CC4CCC(C3)C4CO)n2)c1. The molecule has 2 unspecified atom stereocenters. The summed E-state index contributed by atoms with van der Waals surface area (Å²) in [5, 5.41) is 13.0. The third kappa shape index (κ3) is 4.87. The van der Waals surface area contributed by atoms with Crippen LogP contribution in [0.4, 0.5) is 5.13 Å². The number of aromatic nitrogens is 1. The van der Waals surface area contributed by atoms with Crippen molar-refractivity contribution in [1.82, 2.24) is 9.88 Å². The molecule has 2 atom stereocenters. The molecule has 36 heavy (non-hydrogen) atoms. The number of aliphatic hydroxyl groups excluding tert-OH is 1. The molecule has 0 radical (unpaired) electrons. The lowest BCUT2D eigenvalue weighted by molar-refractivity contribution is 0.0827.